The minimum Gasteiger partial charge on any atom is -0.359 e. The van der Waals surface area contributed by atoms with Crippen LogP contribution in [0.5, 0.6) is 0 Å². The number of hydrogen-bond donors (Lipinski definition) is 2. The summed E-state index contributed by atoms with van der Waals surface area (Å²) < 4.78 is 0. The largest absolute Gasteiger partial charge is 0.359 e. The lowest BCUT2D eigenvalue weighted by atomic mass is 9.78. The van der Waals surface area contributed by atoms with Crippen molar-refractivity contribution >= 4 is 22.8 Å². The summed E-state index contributed by atoms with van der Waals surface area (Å²) in [5.41, 5.74) is 0.279. The van der Waals surface area contributed by atoms with Crippen LogP contribution in [-0.2, 0) is 4.79 Å². The fourth-order valence-electron chi connectivity index (χ4n) is 3.16. The van der Waals surface area contributed by atoms with Gasteiger partial charge in [0.05, 0.1) is 6.54 Å². The molecule has 2 atom stereocenters. The second-order valence-corrected chi connectivity index (χ2v) is 7.99. The molecule has 2 rings (SSSR count). The molecule has 1 amide bonds. The van der Waals surface area contributed by atoms with Gasteiger partial charge >= 0.3 is 0 Å². The summed E-state index contributed by atoms with van der Waals surface area (Å²) in [7, 11) is 0. The molecule has 1 saturated carbocycles. The second-order valence-electron chi connectivity index (χ2n) is 7.03. The molecule has 2 unspecified atom stereocenters. The van der Waals surface area contributed by atoms with E-state index < -0.39 is 0 Å². The van der Waals surface area contributed by atoms with Crippen LogP contribution in [0.4, 0.5) is 0 Å². The predicted molar refractivity (Wildman–Crippen MR) is 90.7 cm³/mol. The van der Waals surface area contributed by atoms with Gasteiger partial charge < -0.3 is 10.6 Å². The molecule has 21 heavy (non-hydrogen) atoms. The van der Waals surface area contributed by atoms with Crippen molar-refractivity contribution in [2.75, 3.05) is 18.8 Å². The van der Waals surface area contributed by atoms with Crippen molar-refractivity contribution in [3.8, 4) is 0 Å². The highest BCUT2D eigenvalue weighted by Gasteiger charge is 2.40. The highest BCUT2D eigenvalue weighted by Crippen LogP contribution is 2.38. The maximum absolute atomic E-state index is 11.7. The van der Waals surface area contributed by atoms with Gasteiger partial charge in [0.25, 0.3) is 0 Å². The topological polar surface area (TPSA) is 53.5 Å². The van der Waals surface area contributed by atoms with Gasteiger partial charge in [-0.1, -0.05) is 45.4 Å². The molecule has 1 spiro atoms. The third-order valence-electron chi connectivity index (χ3n) is 4.25. The van der Waals surface area contributed by atoms with E-state index in [9.17, 15) is 4.79 Å². The van der Waals surface area contributed by atoms with E-state index in [-0.39, 0.29) is 11.4 Å². The second kappa shape index (κ2) is 7.52. The lowest BCUT2D eigenvalue weighted by molar-refractivity contribution is -0.121. The van der Waals surface area contributed by atoms with E-state index in [4.69, 9.17) is 0 Å². The molecule has 1 heterocycles. The number of amidine groups is 1. The van der Waals surface area contributed by atoms with Gasteiger partial charge in [0, 0.05) is 24.3 Å². The first kappa shape index (κ1) is 16.7. The predicted octanol–water partition coefficient (Wildman–Crippen LogP) is 2.79. The minimum atomic E-state index is 0.108. The van der Waals surface area contributed by atoms with Gasteiger partial charge in [0.2, 0.25) is 5.91 Å². The Labute approximate surface area is 132 Å². The van der Waals surface area contributed by atoms with Crippen LogP contribution >= 0.6 is 11.8 Å². The molecule has 4 nitrogen and oxygen atoms in total. The van der Waals surface area contributed by atoms with Crippen molar-refractivity contribution in [2.45, 2.75) is 58.4 Å². The Morgan fingerprint density at radius 3 is 3.10 bits per heavy atom. The standard InChI is InChI=1S/C16H29N3OS/c1-12(2)10-18-14(20)6-8-17-15-19-16(11-21-15)7-4-5-13(3)9-16/h12-13H,4-11H2,1-3H3,(H,17,19)(H,18,20). The van der Waals surface area contributed by atoms with Crippen LogP contribution in [0.1, 0.15) is 52.9 Å². The maximum Gasteiger partial charge on any atom is 0.221 e. The van der Waals surface area contributed by atoms with Gasteiger partial charge in [-0.3, -0.25) is 9.79 Å². The molecule has 2 fully saturated rings. The van der Waals surface area contributed by atoms with Crippen LogP contribution in [0.25, 0.3) is 0 Å². The Morgan fingerprint density at radius 1 is 1.57 bits per heavy atom. The fourth-order valence-corrected chi connectivity index (χ4v) is 4.38. The van der Waals surface area contributed by atoms with Crippen molar-refractivity contribution in [1.82, 2.24) is 10.6 Å². The summed E-state index contributed by atoms with van der Waals surface area (Å²) in [6.07, 6.45) is 5.68. The Kier molecular flexibility index (Phi) is 5.97. The Balaban J connectivity index is 1.72. The summed E-state index contributed by atoms with van der Waals surface area (Å²) in [4.78, 5) is 16.2. The van der Waals surface area contributed by atoms with E-state index in [1.165, 1.54) is 25.7 Å². The number of carbonyl (C=O) groups is 1. The summed E-state index contributed by atoms with van der Waals surface area (Å²) in [5.74, 6) is 2.56. The van der Waals surface area contributed by atoms with Crippen molar-refractivity contribution in [3.63, 3.8) is 0 Å². The first-order valence-corrected chi connectivity index (χ1v) is 9.20. The SMILES string of the molecule is CC(C)CNC(=O)CCN=C1NC2(CCCC(C)C2)CS1. The quantitative estimate of drug-likeness (QED) is 0.821. The van der Waals surface area contributed by atoms with Crippen molar-refractivity contribution in [3.05, 3.63) is 0 Å². The molecule has 1 saturated heterocycles. The molecule has 0 bridgehead atoms. The van der Waals surface area contributed by atoms with Crippen LogP contribution in [0.3, 0.4) is 0 Å². The van der Waals surface area contributed by atoms with Crippen molar-refractivity contribution in [2.24, 2.45) is 16.8 Å². The lowest BCUT2D eigenvalue weighted by Crippen LogP contribution is -2.47. The Morgan fingerprint density at radius 2 is 2.38 bits per heavy atom. The minimum absolute atomic E-state index is 0.108. The van der Waals surface area contributed by atoms with Gasteiger partial charge in [-0.25, -0.2) is 0 Å². The molecule has 2 N–H and O–H groups in total. The molecule has 5 heteroatoms. The van der Waals surface area contributed by atoms with E-state index in [0.29, 0.717) is 18.9 Å². The summed E-state index contributed by atoms with van der Waals surface area (Å²) in [6, 6.07) is 0. The number of carbonyl (C=O) groups excluding carboxylic acids is 1. The van der Waals surface area contributed by atoms with Crippen molar-refractivity contribution < 1.29 is 4.79 Å². The molecule has 0 aromatic carbocycles. The first-order valence-electron chi connectivity index (χ1n) is 8.21. The lowest BCUT2D eigenvalue weighted by Gasteiger charge is -2.36. The third kappa shape index (κ3) is 5.20. The molecule has 2 aliphatic rings. The number of thioether (sulfide) groups is 1. The summed E-state index contributed by atoms with van der Waals surface area (Å²) >= 11 is 1.83. The van der Waals surface area contributed by atoms with Gasteiger partial charge in [0.1, 0.15) is 0 Å². The van der Waals surface area contributed by atoms with Gasteiger partial charge in [-0.2, -0.15) is 0 Å². The maximum atomic E-state index is 11.7. The van der Waals surface area contributed by atoms with E-state index in [0.717, 1.165) is 23.4 Å². The average Bonchev–Trinajstić information content (AvgIpc) is 2.79. The Hall–Kier alpha value is -0.710. The Bertz CT molecular complexity index is 397. The molecule has 1 aliphatic heterocycles. The van der Waals surface area contributed by atoms with E-state index in [2.05, 4.69) is 36.4 Å². The molecular weight excluding hydrogens is 282 g/mol. The molecule has 0 radical (unpaired) electrons. The molecule has 120 valence electrons. The molecule has 0 aromatic rings. The van der Waals surface area contributed by atoms with Gasteiger partial charge in [-0.15, -0.1) is 0 Å². The number of rotatable bonds is 5. The van der Waals surface area contributed by atoms with Crippen LogP contribution in [-0.4, -0.2) is 35.5 Å². The van der Waals surface area contributed by atoms with E-state index in [1.54, 1.807) is 0 Å². The molecular formula is C16H29N3OS. The number of amides is 1. The number of aliphatic imine (C=N–C) groups is 1. The van der Waals surface area contributed by atoms with Crippen molar-refractivity contribution in [1.29, 1.82) is 0 Å². The first-order chi connectivity index (χ1) is 9.99. The zero-order valence-electron chi connectivity index (χ0n) is 13.6. The van der Waals surface area contributed by atoms with E-state index in [1.807, 2.05) is 11.8 Å². The number of nitrogens with zero attached hydrogens (tertiary/aromatic N) is 1. The summed E-state index contributed by atoms with van der Waals surface area (Å²) in [5, 5.41) is 7.62. The highest BCUT2D eigenvalue weighted by molar-refractivity contribution is 8.14. The number of hydrogen-bond acceptors (Lipinski definition) is 3. The smallest absolute Gasteiger partial charge is 0.221 e. The van der Waals surface area contributed by atoms with Crippen LogP contribution in [0, 0.1) is 11.8 Å². The van der Waals surface area contributed by atoms with Gasteiger partial charge in [-0.05, 0) is 24.7 Å². The normalized spacial score (nSPS) is 30.9. The average molecular weight is 311 g/mol. The fraction of sp³-hybridized carbons (Fsp3) is 0.875. The van der Waals surface area contributed by atoms with Crippen LogP contribution in [0.15, 0.2) is 4.99 Å². The third-order valence-corrected chi connectivity index (χ3v) is 5.45. The van der Waals surface area contributed by atoms with Crippen LogP contribution < -0.4 is 10.6 Å². The zero-order chi connectivity index (χ0) is 15.3. The van der Waals surface area contributed by atoms with Crippen LogP contribution in [0.2, 0.25) is 0 Å². The highest BCUT2D eigenvalue weighted by atomic mass is 32.2. The molecule has 0 aromatic heterocycles. The van der Waals surface area contributed by atoms with Gasteiger partial charge in [0.15, 0.2) is 5.17 Å². The molecule has 1 aliphatic carbocycles. The van der Waals surface area contributed by atoms with E-state index >= 15 is 0 Å². The zero-order valence-corrected chi connectivity index (χ0v) is 14.4. The number of nitrogens with one attached hydrogen (secondary N) is 2. The monoisotopic (exact) mass is 311 g/mol. The summed E-state index contributed by atoms with van der Waals surface area (Å²) in [6.45, 7) is 7.89.